The Hall–Kier alpha value is -3.39. The van der Waals surface area contributed by atoms with Crippen LogP contribution in [0.1, 0.15) is 10.4 Å². The summed E-state index contributed by atoms with van der Waals surface area (Å²) >= 11 is 0. The lowest BCUT2D eigenvalue weighted by Crippen LogP contribution is -2.14. The molecule has 0 aliphatic rings. The van der Waals surface area contributed by atoms with Gasteiger partial charge in [0, 0.05) is 6.07 Å². The molecule has 138 valence electrons. The minimum atomic E-state index is -4.08. The molecule has 0 fully saturated rings. The summed E-state index contributed by atoms with van der Waals surface area (Å²) in [4.78, 5) is 10.7. The van der Waals surface area contributed by atoms with Gasteiger partial charge in [0.05, 0.1) is 16.1 Å². The highest BCUT2D eigenvalue weighted by atomic mass is 32.2. The maximum atomic E-state index is 13.6. The zero-order valence-corrected chi connectivity index (χ0v) is 14.6. The Bertz CT molecular complexity index is 1070. The molecule has 3 aromatic rings. The molecular weight excluding hydrogens is 373 g/mol. The van der Waals surface area contributed by atoms with Crippen LogP contribution in [-0.4, -0.2) is 19.5 Å². The Morgan fingerprint density at radius 2 is 1.63 bits per heavy atom. The molecule has 0 unspecified atom stereocenters. The number of carbonyl (C=O) groups is 1. The first-order chi connectivity index (χ1) is 12.8. The molecule has 0 bridgehead atoms. The van der Waals surface area contributed by atoms with E-state index in [4.69, 9.17) is 9.84 Å². The summed E-state index contributed by atoms with van der Waals surface area (Å²) in [5.41, 5.74) is -0.131. The number of hydrogen-bond acceptors (Lipinski definition) is 4. The van der Waals surface area contributed by atoms with E-state index >= 15 is 0 Å². The number of ether oxygens (including phenoxy) is 1. The van der Waals surface area contributed by atoms with Crippen molar-refractivity contribution in [2.24, 2.45) is 0 Å². The van der Waals surface area contributed by atoms with Gasteiger partial charge in [-0.2, -0.15) is 0 Å². The smallest absolute Gasteiger partial charge is 0.335 e. The third kappa shape index (κ3) is 4.42. The molecule has 0 radical (unpaired) electrons. The van der Waals surface area contributed by atoms with Crippen molar-refractivity contribution in [3.8, 4) is 11.5 Å². The van der Waals surface area contributed by atoms with Crippen molar-refractivity contribution in [2.45, 2.75) is 4.90 Å². The Morgan fingerprint density at radius 3 is 2.26 bits per heavy atom. The van der Waals surface area contributed by atoms with Crippen LogP contribution in [0, 0.1) is 5.82 Å². The molecule has 3 aromatic carbocycles. The molecular formula is C19H14FNO5S. The summed E-state index contributed by atoms with van der Waals surface area (Å²) in [5.74, 6) is -1.24. The fourth-order valence-corrected chi connectivity index (χ4v) is 3.33. The molecule has 6 nitrogen and oxygen atoms in total. The topological polar surface area (TPSA) is 92.7 Å². The lowest BCUT2D eigenvalue weighted by Gasteiger charge is -2.14. The second-order valence-corrected chi connectivity index (χ2v) is 7.17. The molecule has 0 aliphatic carbocycles. The number of nitrogens with one attached hydrogen (secondary N) is 1. The standard InChI is InChI=1S/C19H14FNO5S/c20-14-8-11-18(26-15-4-2-1-3-5-15)17(12-14)21-27(24,25)16-9-6-13(7-10-16)19(22)23/h1-12,21H,(H,22,23). The molecule has 0 amide bonds. The Labute approximate surface area is 154 Å². The summed E-state index contributed by atoms with van der Waals surface area (Å²) in [6, 6.07) is 16.7. The van der Waals surface area contributed by atoms with E-state index < -0.39 is 21.8 Å². The number of halogens is 1. The quantitative estimate of drug-likeness (QED) is 0.664. The lowest BCUT2D eigenvalue weighted by molar-refractivity contribution is 0.0696. The van der Waals surface area contributed by atoms with Crippen LogP contribution >= 0.6 is 0 Å². The fourth-order valence-electron chi connectivity index (χ4n) is 2.27. The van der Waals surface area contributed by atoms with Gasteiger partial charge in [0.1, 0.15) is 11.6 Å². The van der Waals surface area contributed by atoms with Gasteiger partial charge in [-0.25, -0.2) is 17.6 Å². The van der Waals surface area contributed by atoms with Gasteiger partial charge in [-0.3, -0.25) is 4.72 Å². The molecule has 0 aliphatic heterocycles. The van der Waals surface area contributed by atoms with Crippen molar-refractivity contribution in [1.29, 1.82) is 0 Å². The minimum Gasteiger partial charge on any atom is -0.478 e. The van der Waals surface area contributed by atoms with Crippen LogP contribution in [0.4, 0.5) is 10.1 Å². The van der Waals surface area contributed by atoms with Gasteiger partial charge in [-0.05, 0) is 48.5 Å². The largest absolute Gasteiger partial charge is 0.478 e. The first kappa shape index (κ1) is 18.4. The van der Waals surface area contributed by atoms with Gasteiger partial charge in [-0.15, -0.1) is 0 Å². The van der Waals surface area contributed by atoms with Crippen LogP contribution in [0.2, 0.25) is 0 Å². The van der Waals surface area contributed by atoms with Crippen LogP contribution in [0.25, 0.3) is 0 Å². The minimum absolute atomic E-state index is 0.0483. The lowest BCUT2D eigenvalue weighted by atomic mass is 10.2. The second kappa shape index (κ2) is 7.46. The average molecular weight is 387 g/mol. The molecule has 27 heavy (non-hydrogen) atoms. The number of benzene rings is 3. The summed E-state index contributed by atoms with van der Waals surface area (Å²) in [6.45, 7) is 0. The van der Waals surface area contributed by atoms with Crippen LogP contribution < -0.4 is 9.46 Å². The molecule has 3 rings (SSSR count). The molecule has 0 saturated carbocycles. The fraction of sp³-hybridized carbons (Fsp3) is 0. The number of carboxylic acids is 1. The van der Waals surface area contributed by atoms with Crippen LogP contribution in [0.5, 0.6) is 11.5 Å². The summed E-state index contributed by atoms with van der Waals surface area (Å²) in [7, 11) is -4.08. The van der Waals surface area contributed by atoms with E-state index in [0.29, 0.717) is 5.75 Å². The summed E-state index contributed by atoms with van der Waals surface area (Å²) in [5, 5.41) is 8.90. The Kier molecular flexibility index (Phi) is 5.09. The van der Waals surface area contributed by atoms with Crippen molar-refractivity contribution in [2.75, 3.05) is 4.72 Å². The van der Waals surface area contributed by atoms with Crippen molar-refractivity contribution >= 4 is 21.7 Å². The van der Waals surface area contributed by atoms with E-state index in [0.717, 1.165) is 24.3 Å². The van der Waals surface area contributed by atoms with Crippen LogP contribution in [-0.2, 0) is 10.0 Å². The van der Waals surface area contributed by atoms with Gasteiger partial charge >= 0.3 is 5.97 Å². The van der Waals surface area contributed by atoms with Crippen molar-refractivity contribution in [3.63, 3.8) is 0 Å². The van der Waals surface area contributed by atoms with Gasteiger partial charge in [0.15, 0.2) is 5.75 Å². The number of para-hydroxylation sites is 1. The van der Waals surface area contributed by atoms with Crippen molar-refractivity contribution in [1.82, 2.24) is 0 Å². The van der Waals surface area contributed by atoms with Gasteiger partial charge < -0.3 is 9.84 Å². The predicted molar refractivity (Wildman–Crippen MR) is 97.1 cm³/mol. The summed E-state index contributed by atoms with van der Waals surface area (Å²) < 4.78 is 46.7. The monoisotopic (exact) mass is 387 g/mol. The molecule has 0 atom stereocenters. The van der Waals surface area contributed by atoms with Crippen LogP contribution in [0.3, 0.4) is 0 Å². The zero-order valence-electron chi connectivity index (χ0n) is 13.8. The first-order valence-electron chi connectivity index (χ1n) is 7.74. The number of hydrogen-bond donors (Lipinski definition) is 2. The third-order valence-corrected chi connectivity index (χ3v) is 4.95. The van der Waals surface area contributed by atoms with Crippen molar-refractivity contribution < 1.29 is 27.4 Å². The number of aromatic carboxylic acids is 1. The second-order valence-electron chi connectivity index (χ2n) is 5.49. The average Bonchev–Trinajstić information content (AvgIpc) is 2.64. The third-order valence-electron chi connectivity index (χ3n) is 3.57. The van der Waals surface area contributed by atoms with E-state index in [2.05, 4.69) is 4.72 Å². The Morgan fingerprint density at radius 1 is 0.963 bits per heavy atom. The van der Waals surface area contributed by atoms with E-state index in [1.165, 1.54) is 18.2 Å². The van der Waals surface area contributed by atoms with Crippen molar-refractivity contribution in [3.05, 3.63) is 84.2 Å². The number of anilines is 1. The highest BCUT2D eigenvalue weighted by Gasteiger charge is 2.18. The highest BCUT2D eigenvalue weighted by molar-refractivity contribution is 7.92. The number of carboxylic acid groups (broad SMARTS) is 1. The number of sulfonamides is 1. The highest BCUT2D eigenvalue weighted by Crippen LogP contribution is 2.31. The van der Waals surface area contributed by atoms with Gasteiger partial charge in [-0.1, -0.05) is 18.2 Å². The molecule has 0 heterocycles. The zero-order chi connectivity index (χ0) is 19.4. The first-order valence-corrected chi connectivity index (χ1v) is 9.22. The summed E-state index contributed by atoms with van der Waals surface area (Å²) in [6.07, 6.45) is 0. The normalized spacial score (nSPS) is 11.0. The Balaban J connectivity index is 1.91. The molecule has 2 N–H and O–H groups in total. The van der Waals surface area contributed by atoms with E-state index in [1.807, 2.05) is 0 Å². The van der Waals surface area contributed by atoms with Gasteiger partial charge in [0.25, 0.3) is 10.0 Å². The van der Waals surface area contributed by atoms with E-state index in [-0.39, 0.29) is 21.9 Å². The number of rotatable bonds is 6. The van der Waals surface area contributed by atoms with E-state index in [1.54, 1.807) is 30.3 Å². The molecule has 0 saturated heterocycles. The molecule has 0 spiro atoms. The van der Waals surface area contributed by atoms with E-state index in [9.17, 15) is 17.6 Å². The predicted octanol–water partition coefficient (Wildman–Crippen LogP) is 4.12. The molecule has 8 heteroatoms. The maximum Gasteiger partial charge on any atom is 0.335 e. The molecule has 0 aromatic heterocycles. The SMILES string of the molecule is O=C(O)c1ccc(S(=O)(=O)Nc2cc(F)ccc2Oc2ccccc2)cc1. The van der Waals surface area contributed by atoms with Gasteiger partial charge in [0.2, 0.25) is 0 Å². The van der Waals surface area contributed by atoms with Crippen LogP contribution in [0.15, 0.2) is 77.7 Å². The maximum absolute atomic E-state index is 13.6.